The van der Waals surface area contributed by atoms with E-state index in [2.05, 4.69) is 5.32 Å². The van der Waals surface area contributed by atoms with Crippen molar-refractivity contribution < 1.29 is 22.7 Å². The van der Waals surface area contributed by atoms with Crippen LogP contribution in [0.15, 0.2) is 51.7 Å². The molecule has 8 heteroatoms. The maximum absolute atomic E-state index is 12.7. The highest BCUT2D eigenvalue weighted by Crippen LogP contribution is 2.29. The van der Waals surface area contributed by atoms with Crippen molar-refractivity contribution in [3.63, 3.8) is 0 Å². The molecule has 0 radical (unpaired) electrons. The summed E-state index contributed by atoms with van der Waals surface area (Å²) in [7, 11) is 0. The van der Waals surface area contributed by atoms with Crippen molar-refractivity contribution in [3.05, 3.63) is 69.6 Å². The number of anilines is 1. The second-order valence-corrected chi connectivity index (χ2v) is 8.11. The van der Waals surface area contributed by atoms with Gasteiger partial charge in [0.25, 0.3) is 12.3 Å². The van der Waals surface area contributed by atoms with Crippen molar-refractivity contribution in [2.24, 2.45) is 5.73 Å². The number of hydrogen-bond donors (Lipinski definition) is 2. The first-order valence-corrected chi connectivity index (χ1v) is 10.3. The lowest BCUT2D eigenvalue weighted by Crippen LogP contribution is -2.28. The summed E-state index contributed by atoms with van der Waals surface area (Å²) in [6.07, 6.45) is -1.47. The Labute approximate surface area is 184 Å². The lowest BCUT2D eigenvalue weighted by molar-refractivity contribution is 0.0814. The smallest absolute Gasteiger partial charge is 0.349 e. The molecule has 170 valence electrons. The zero-order valence-electron chi connectivity index (χ0n) is 18.2. The fourth-order valence-electron chi connectivity index (χ4n) is 3.34. The molecular weight excluding hydrogens is 418 g/mol. The largest absolute Gasteiger partial charge is 0.487 e. The van der Waals surface area contributed by atoms with E-state index >= 15 is 0 Å². The molecular formula is C24H26F2N2O4. The quantitative estimate of drug-likeness (QED) is 0.485. The lowest BCUT2D eigenvalue weighted by atomic mass is 9.95. The Morgan fingerprint density at radius 2 is 1.88 bits per heavy atom. The van der Waals surface area contributed by atoms with E-state index in [0.29, 0.717) is 29.5 Å². The van der Waals surface area contributed by atoms with Gasteiger partial charge in [-0.05, 0) is 56.2 Å². The Morgan fingerprint density at radius 1 is 1.19 bits per heavy atom. The Bertz CT molecular complexity index is 1170. The number of nitrogens with two attached hydrogens (primary N) is 1. The Morgan fingerprint density at radius 3 is 2.47 bits per heavy atom. The first-order valence-electron chi connectivity index (χ1n) is 10.3. The number of carbonyl (C=O) groups is 1. The number of aryl methyl sites for hydroxylation is 1. The fourth-order valence-corrected chi connectivity index (χ4v) is 3.34. The molecule has 0 bridgehead atoms. The summed E-state index contributed by atoms with van der Waals surface area (Å²) < 4.78 is 35.8. The Kier molecular flexibility index (Phi) is 6.93. The molecule has 0 saturated carbocycles. The minimum Gasteiger partial charge on any atom is -0.487 e. The van der Waals surface area contributed by atoms with E-state index in [-0.39, 0.29) is 16.9 Å². The monoisotopic (exact) mass is 444 g/mol. The van der Waals surface area contributed by atoms with E-state index in [1.54, 1.807) is 36.4 Å². The summed E-state index contributed by atoms with van der Waals surface area (Å²) in [4.78, 5) is 25.3. The van der Waals surface area contributed by atoms with Crippen molar-refractivity contribution >= 4 is 22.6 Å². The highest BCUT2D eigenvalue weighted by Gasteiger charge is 2.19. The Balaban J connectivity index is 1.92. The van der Waals surface area contributed by atoms with Crippen molar-refractivity contribution in [2.75, 3.05) is 11.9 Å². The number of rotatable bonds is 8. The molecule has 3 aromatic rings. The third-order valence-corrected chi connectivity index (χ3v) is 4.96. The third-order valence-electron chi connectivity index (χ3n) is 4.96. The van der Waals surface area contributed by atoms with Gasteiger partial charge in [0, 0.05) is 22.2 Å². The average molecular weight is 444 g/mol. The first-order chi connectivity index (χ1) is 15.1. The highest BCUT2D eigenvalue weighted by molar-refractivity contribution is 6.05. The summed E-state index contributed by atoms with van der Waals surface area (Å²) in [6.45, 7) is 4.90. The van der Waals surface area contributed by atoms with Gasteiger partial charge in [0.1, 0.15) is 23.5 Å². The number of ether oxygens (including phenoxy) is 1. The molecule has 2 aromatic carbocycles. The van der Waals surface area contributed by atoms with E-state index in [1.165, 1.54) is 6.07 Å². The molecule has 0 fully saturated rings. The Hall–Kier alpha value is -3.26. The van der Waals surface area contributed by atoms with Crippen LogP contribution in [0.2, 0.25) is 0 Å². The van der Waals surface area contributed by atoms with Crippen LogP contribution >= 0.6 is 0 Å². The predicted octanol–water partition coefficient (Wildman–Crippen LogP) is 4.84. The van der Waals surface area contributed by atoms with Gasteiger partial charge in [0.2, 0.25) is 0 Å². The van der Waals surface area contributed by atoms with Gasteiger partial charge in [-0.25, -0.2) is 13.6 Å². The van der Waals surface area contributed by atoms with Crippen LogP contribution in [0.25, 0.3) is 11.0 Å². The van der Waals surface area contributed by atoms with E-state index in [1.807, 2.05) is 20.8 Å². The number of hydrogen-bond acceptors (Lipinski definition) is 5. The van der Waals surface area contributed by atoms with Crippen LogP contribution < -0.4 is 21.4 Å². The van der Waals surface area contributed by atoms with Crippen molar-refractivity contribution in [1.82, 2.24) is 0 Å². The number of carbonyl (C=O) groups excluding carboxylic acids is 1. The van der Waals surface area contributed by atoms with E-state index in [4.69, 9.17) is 14.9 Å². The van der Waals surface area contributed by atoms with Crippen LogP contribution in [-0.2, 0) is 12.0 Å². The van der Waals surface area contributed by atoms with Crippen LogP contribution in [0, 0.1) is 0 Å². The molecule has 0 spiro atoms. The molecule has 32 heavy (non-hydrogen) atoms. The fraction of sp³-hybridized carbons (Fsp3) is 0.333. The maximum atomic E-state index is 12.7. The van der Waals surface area contributed by atoms with Crippen LogP contribution in [0.3, 0.4) is 0 Å². The first kappa shape index (κ1) is 23.4. The second-order valence-electron chi connectivity index (χ2n) is 8.11. The van der Waals surface area contributed by atoms with Crippen molar-refractivity contribution in [3.8, 4) is 5.75 Å². The molecule has 1 heterocycles. The minimum absolute atomic E-state index is 0.163. The zero-order valence-corrected chi connectivity index (χ0v) is 18.2. The third kappa shape index (κ3) is 5.31. The van der Waals surface area contributed by atoms with Crippen LogP contribution in [-0.4, -0.2) is 18.9 Å². The molecule has 0 aliphatic heterocycles. The molecule has 0 aliphatic rings. The minimum atomic E-state index is -2.62. The molecule has 0 atom stereocenters. The van der Waals surface area contributed by atoms with Crippen LogP contribution in [0.5, 0.6) is 5.75 Å². The molecule has 0 aliphatic carbocycles. The van der Waals surface area contributed by atoms with Crippen molar-refractivity contribution in [2.45, 2.75) is 45.6 Å². The normalized spacial score (nSPS) is 11.7. The molecule has 0 saturated heterocycles. The van der Waals surface area contributed by atoms with E-state index < -0.39 is 30.1 Å². The van der Waals surface area contributed by atoms with Gasteiger partial charge in [-0.2, -0.15) is 0 Å². The van der Waals surface area contributed by atoms with Crippen LogP contribution in [0.1, 0.15) is 48.7 Å². The number of nitrogens with one attached hydrogen (secondary N) is 1. The van der Waals surface area contributed by atoms with Gasteiger partial charge in [0.05, 0.1) is 0 Å². The number of fused-ring (bicyclic) bond motifs is 1. The summed E-state index contributed by atoms with van der Waals surface area (Å²) in [5.41, 5.74) is 6.72. The standard InChI is InChI=1S/C24H26F2N2O4/c1-4-5-17-19(31-13-20(25)26)11-6-14-12-18(23(30)32-21(14)17)22(29)28-16-9-7-15(8-10-16)24(2,3)27/h6-12,20H,4-5,13,27H2,1-3H3,(H,28,29). The van der Waals surface area contributed by atoms with Gasteiger partial charge >= 0.3 is 5.63 Å². The average Bonchev–Trinajstić information content (AvgIpc) is 2.72. The maximum Gasteiger partial charge on any atom is 0.349 e. The topological polar surface area (TPSA) is 94.6 Å². The van der Waals surface area contributed by atoms with E-state index in [0.717, 1.165) is 5.56 Å². The number of amides is 1. The highest BCUT2D eigenvalue weighted by atomic mass is 19.3. The second kappa shape index (κ2) is 9.48. The van der Waals surface area contributed by atoms with Crippen LogP contribution in [0.4, 0.5) is 14.5 Å². The van der Waals surface area contributed by atoms with Gasteiger partial charge in [-0.15, -0.1) is 0 Å². The predicted molar refractivity (Wildman–Crippen MR) is 120 cm³/mol. The van der Waals surface area contributed by atoms with Gasteiger partial charge in [-0.1, -0.05) is 25.5 Å². The van der Waals surface area contributed by atoms with Crippen molar-refractivity contribution in [1.29, 1.82) is 0 Å². The molecule has 3 N–H and O–H groups in total. The molecule has 6 nitrogen and oxygen atoms in total. The van der Waals surface area contributed by atoms with Gasteiger partial charge in [0.15, 0.2) is 0 Å². The summed E-state index contributed by atoms with van der Waals surface area (Å²) in [5.74, 6) is -0.376. The molecule has 1 amide bonds. The molecule has 3 rings (SSSR count). The zero-order chi connectivity index (χ0) is 23.5. The summed E-state index contributed by atoms with van der Waals surface area (Å²) in [5, 5.41) is 3.18. The van der Waals surface area contributed by atoms with Gasteiger partial charge in [-0.3, -0.25) is 4.79 Å². The summed E-state index contributed by atoms with van der Waals surface area (Å²) >= 11 is 0. The number of benzene rings is 2. The van der Waals surface area contributed by atoms with E-state index in [9.17, 15) is 18.4 Å². The summed E-state index contributed by atoms with van der Waals surface area (Å²) in [6, 6.07) is 11.6. The molecule has 1 aromatic heterocycles. The number of alkyl halides is 2. The number of halogens is 2. The lowest BCUT2D eigenvalue weighted by Gasteiger charge is -2.19. The molecule has 0 unspecified atom stereocenters. The van der Waals surface area contributed by atoms with Gasteiger partial charge < -0.3 is 20.2 Å². The SMILES string of the molecule is CCCc1c(OCC(F)F)ccc2cc(C(=O)Nc3ccc(C(C)(C)N)cc3)c(=O)oc12.